The van der Waals surface area contributed by atoms with Gasteiger partial charge >= 0.3 is 0 Å². The first kappa shape index (κ1) is 13.4. The molecule has 0 radical (unpaired) electrons. The lowest BCUT2D eigenvalue weighted by molar-refractivity contribution is 0.436. The molecule has 0 N–H and O–H groups in total. The quantitative estimate of drug-likeness (QED) is 0.707. The van der Waals surface area contributed by atoms with E-state index >= 15 is 0 Å². The lowest BCUT2D eigenvalue weighted by Crippen LogP contribution is -2.08. The molecule has 0 unspecified atom stereocenters. The Morgan fingerprint density at radius 3 is 2.35 bits per heavy atom. The second-order valence-electron chi connectivity index (χ2n) is 6.01. The molecule has 104 valence electrons. The van der Waals surface area contributed by atoms with Gasteiger partial charge in [-0.2, -0.15) is 0 Å². The first-order chi connectivity index (χ1) is 9.75. The van der Waals surface area contributed by atoms with Crippen LogP contribution in [0.2, 0.25) is 0 Å². The van der Waals surface area contributed by atoms with Crippen LogP contribution < -0.4 is 0 Å². The van der Waals surface area contributed by atoms with Crippen LogP contribution in [0, 0.1) is 13.8 Å². The number of rotatable bonds is 2. The molecule has 1 aromatic carbocycles. The zero-order valence-electron chi connectivity index (χ0n) is 12.5. The average molecular weight is 265 g/mol. The van der Waals surface area contributed by atoms with E-state index in [1.807, 2.05) is 0 Å². The van der Waals surface area contributed by atoms with Crippen molar-refractivity contribution in [1.29, 1.82) is 0 Å². The minimum absolute atomic E-state index is 0.672. The lowest BCUT2D eigenvalue weighted by Gasteiger charge is -2.23. The number of aryl methyl sites for hydroxylation is 1. The van der Waals surface area contributed by atoms with Crippen molar-refractivity contribution in [1.82, 2.24) is 4.98 Å². The molecule has 3 rings (SSSR count). The fourth-order valence-electron chi connectivity index (χ4n) is 3.29. The molecule has 1 saturated carbocycles. The van der Waals surface area contributed by atoms with Crippen molar-refractivity contribution in [2.45, 2.75) is 51.9 Å². The molecule has 0 amide bonds. The van der Waals surface area contributed by atoms with E-state index in [4.69, 9.17) is 4.98 Å². The number of aromatic nitrogens is 1. The van der Waals surface area contributed by atoms with Gasteiger partial charge in [-0.25, -0.2) is 0 Å². The minimum Gasteiger partial charge on any atom is -0.258 e. The van der Waals surface area contributed by atoms with Crippen molar-refractivity contribution < 1.29 is 0 Å². The minimum atomic E-state index is 0.672. The fourth-order valence-corrected chi connectivity index (χ4v) is 3.29. The predicted octanol–water partition coefficient (Wildman–Crippen LogP) is 5.41. The summed E-state index contributed by atoms with van der Waals surface area (Å²) in [4.78, 5) is 4.88. The SMILES string of the molecule is Cc1nc(C2CCCCC2)cc(-c2ccccc2)c1C. The highest BCUT2D eigenvalue weighted by molar-refractivity contribution is 5.68. The van der Waals surface area contributed by atoms with Crippen LogP contribution in [0.25, 0.3) is 11.1 Å². The third-order valence-electron chi connectivity index (χ3n) is 4.64. The molecule has 0 atom stereocenters. The third kappa shape index (κ3) is 2.63. The first-order valence-electron chi connectivity index (χ1n) is 7.79. The smallest absolute Gasteiger partial charge is 0.0444 e. The van der Waals surface area contributed by atoms with Crippen molar-refractivity contribution >= 4 is 0 Å². The largest absolute Gasteiger partial charge is 0.258 e. The second-order valence-corrected chi connectivity index (χ2v) is 6.01. The summed E-state index contributed by atoms with van der Waals surface area (Å²) in [6.07, 6.45) is 6.74. The molecule has 1 nitrogen and oxygen atoms in total. The van der Waals surface area contributed by atoms with Crippen molar-refractivity contribution in [2.75, 3.05) is 0 Å². The van der Waals surface area contributed by atoms with Gasteiger partial charge in [0.2, 0.25) is 0 Å². The Balaban J connectivity index is 2.03. The van der Waals surface area contributed by atoms with Gasteiger partial charge in [-0.1, -0.05) is 49.6 Å². The summed E-state index contributed by atoms with van der Waals surface area (Å²) in [7, 11) is 0. The molecule has 1 heterocycles. The molecule has 0 saturated heterocycles. The van der Waals surface area contributed by atoms with Gasteiger partial charge in [0.15, 0.2) is 0 Å². The molecular weight excluding hydrogens is 242 g/mol. The molecule has 1 aromatic heterocycles. The van der Waals surface area contributed by atoms with E-state index in [0.29, 0.717) is 5.92 Å². The van der Waals surface area contributed by atoms with E-state index in [1.165, 1.54) is 60.2 Å². The molecule has 1 fully saturated rings. The highest BCUT2D eigenvalue weighted by Crippen LogP contribution is 2.35. The summed E-state index contributed by atoms with van der Waals surface area (Å²) in [6, 6.07) is 13.1. The van der Waals surface area contributed by atoms with E-state index in [9.17, 15) is 0 Å². The Labute approximate surface area is 122 Å². The maximum Gasteiger partial charge on any atom is 0.0444 e. The summed E-state index contributed by atoms with van der Waals surface area (Å²) in [5.41, 5.74) is 6.49. The number of hydrogen-bond acceptors (Lipinski definition) is 1. The van der Waals surface area contributed by atoms with Crippen molar-refractivity contribution in [3.05, 3.63) is 53.3 Å². The first-order valence-corrected chi connectivity index (χ1v) is 7.79. The van der Waals surface area contributed by atoms with Crippen LogP contribution in [0.15, 0.2) is 36.4 Å². The third-order valence-corrected chi connectivity index (χ3v) is 4.64. The van der Waals surface area contributed by atoms with E-state index in [1.54, 1.807) is 0 Å². The molecular formula is C19H23N. The molecule has 20 heavy (non-hydrogen) atoms. The van der Waals surface area contributed by atoms with Crippen LogP contribution in [-0.2, 0) is 0 Å². The predicted molar refractivity (Wildman–Crippen MR) is 85.0 cm³/mol. The van der Waals surface area contributed by atoms with Gasteiger partial charge in [0.1, 0.15) is 0 Å². The number of benzene rings is 1. The van der Waals surface area contributed by atoms with Gasteiger partial charge in [-0.3, -0.25) is 4.98 Å². The number of pyridine rings is 1. The van der Waals surface area contributed by atoms with E-state index < -0.39 is 0 Å². The molecule has 2 aromatic rings. The van der Waals surface area contributed by atoms with Crippen LogP contribution in [0.1, 0.15) is 55.0 Å². The second kappa shape index (κ2) is 5.78. The van der Waals surface area contributed by atoms with Gasteiger partial charge in [0.25, 0.3) is 0 Å². The van der Waals surface area contributed by atoms with E-state index in [-0.39, 0.29) is 0 Å². The maximum absolute atomic E-state index is 4.88. The topological polar surface area (TPSA) is 12.9 Å². The van der Waals surface area contributed by atoms with Crippen molar-refractivity contribution in [3.63, 3.8) is 0 Å². The van der Waals surface area contributed by atoms with Crippen molar-refractivity contribution in [2.24, 2.45) is 0 Å². The Kier molecular flexibility index (Phi) is 3.86. The molecule has 0 bridgehead atoms. The molecule has 1 aliphatic carbocycles. The van der Waals surface area contributed by atoms with Crippen LogP contribution >= 0.6 is 0 Å². The Hall–Kier alpha value is -1.63. The van der Waals surface area contributed by atoms with Crippen LogP contribution in [-0.4, -0.2) is 4.98 Å². The Morgan fingerprint density at radius 1 is 0.950 bits per heavy atom. The zero-order chi connectivity index (χ0) is 13.9. The highest BCUT2D eigenvalue weighted by atomic mass is 14.7. The van der Waals surface area contributed by atoms with Crippen LogP contribution in [0.5, 0.6) is 0 Å². The van der Waals surface area contributed by atoms with Gasteiger partial charge in [0, 0.05) is 17.3 Å². The van der Waals surface area contributed by atoms with Gasteiger partial charge in [-0.15, -0.1) is 0 Å². The average Bonchev–Trinajstić information content (AvgIpc) is 2.51. The van der Waals surface area contributed by atoms with Gasteiger partial charge in [-0.05, 0) is 49.4 Å². The standard InChI is InChI=1S/C19H23N/c1-14-15(2)20-19(17-11-7-4-8-12-17)13-18(14)16-9-5-3-6-10-16/h3,5-6,9-10,13,17H,4,7-8,11-12H2,1-2H3. The summed E-state index contributed by atoms with van der Waals surface area (Å²) in [5, 5.41) is 0. The number of nitrogens with zero attached hydrogens (tertiary/aromatic N) is 1. The zero-order valence-corrected chi connectivity index (χ0v) is 12.5. The summed E-state index contributed by atoms with van der Waals surface area (Å²) >= 11 is 0. The monoisotopic (exact) mass is 265 g/mol. The normalized spacial score (nSPS) is 16.3. The van der Waals surface area contributed by atoms with E-state index in [2.05, 4.69) is 50.2 Å². The van der Waals surface area contributed by atoms with Crippen LogP contribution in [0.4, 0.5) is 0 Å². The Morgan fingerprint density at radius 2 is 1.65 bits per heavy atom. The lowest BCUT2D eigenvalue weighted by atomic mass is 9.85. The highest BCUT2D eigenvalue weighted by Gasteiger charge is 2.19. The van der Waals surface area contributed by atoms with Crippen LogP contribution in [0.3, 0.4) is 0 Å². The summed E-state index contributed by atoms with van der Waals surface area (Å²) in [6.45, 7) is 4.34. The molecule has 0 aliphatic heterocycles. The van der Waals surface area contributed by atoms with Crippen molar-refractivity contribution in [3.8, 4) is 11.1 Å². The Bertz CT molecular complexity index is 580. The summed E-state index contributed by atoms with van der Waals surface area (Å²) < 4.78 is 0. The van der Waals surface area contributed by atoms with Gasteiger partial charge < -0.3 is 0 Å². The molecule has 1 aliphatic rings. The summed E-state index contributed by atoms with van der Waals surface area (Å²) in [5.74, 6) is 0.672. The van der Waals surface area contributed by atoms with E-state index in [0.717, 1.165) is 0 Å². The van der Waals surface area contributed by atoms with Gasteiger partial charge in [0.05, 0.1) is 0 Å². The molecule has 0 spiro atoms. The number of hydrogen-bond donors (Lipinski definition) is 0. The fraction of sp³-hybridized carbons (Fsp3) is 0.421. The maximum atomic E-state index is 4.88. The molecule has 1 heteroatoms.